The van der Waals surface area contributed by atoms with Gasteiger partial charge in [-0.1, -0.05) is 6.07 Å². The van der Waals surface area contributed by atoms with E-state index in [2.05, 4.69) is 9.88 Å². The van der Waals surface area contributed by atoms with Gasteiger partial charge in [0.2, 0.25) is 0 Å². The predicted molar refractivity (Wildman–Crippen MR) is 120 cm³/mol. The Bertz CT molecular complexity index is 1160. The molecule has 0 aliphatic carbocycles. The molecule has 0 unspecified atom stereocenters. The second-order valence-corrected chi connectivity index (χ2v) is 8.48. The molecule has 0 bridgehead atoms. The Labute approximate surface area is 184 Å². The van der Waals surface area contributed by atoms with E-state index in [4.69, 9.17) is 0 Å². The summed E-state index contributed by atoms with van der Waals surface area (Å²) in [6, 6.07) is 8.50. The van der Waals surface area contributed by atoms with Crippen LogP contribution >= 0.6 is 11.3 Å². The molecule has 1 fully saturated rings. The fourth-order valence-electron chi connectivity index (χ4n) is 3.64. The van der Waals surface area contributed by atoms with Crippen LogP contribution in [0.4, 0.5) is 0 Å². The Morgan fingerprint density at radius 2 is 1.87 bits per heavy atom. The first-order chi connectivity index (χ1) is 15.0. The van der Waals surface area contributed by atoms with Gasteiger partial charge < -0.3 is 9.80 Å². The van der Waals surface area contributed by atoms with Crippen LogP contribution in [-0.2, 0) is 6.54 Å². The van der Waals surface area contributed by atoms with Crippen molar-refractivity contribution in [1.82, 2.24) is 24.1 Å². The molecule has 2 amide bonds. The molecule has 162 valence electrons. The van der Waals surface area contributed by atoms with Crippen LogP contribution < -0.4 is 5.56 Å². The van der Waals surface area contributed by atoms with Crippen molar-refractivity contribution < 1.29 is 9.59 Å². The molecule has 0 atom stereocenters. The topological polar surface area (TPSA) is 78.2 Å². The molecule has 31 heavy (non-hydrogen) atoms. The van der Waals surface area contributed by atoms with E-state index < -0.39 is 0 Å². The molecular formula is C22H25N5O3S. The molecule has 3 heterocycles. The first kappa shape index (κ1) is 21.2. The van der Waals surface area contributed by atoms with Crippen LogP contribution in [0.5, 0.6) is 0 Å². The molecule has 0 saturated carbocycles. The smallest absolute Gasteiger partial charge is 0.258 e. The zero-order chi connectivity index (χ0) is 22.0. The summed E-state index contributed by atoms with van der Waals surface area (Å²) in [6.45, 7) is 5.69. The van der Waals surface area contributed by atoms with E-state index >= 15 is 0 Å². The summed E-state index contributed by atoms with van der Waals surface area (Å²) in [4.78, 5) is 48.4. The van der Waals surface area contributed by atoms with E-state index in [1.807, 2.05) is 17.2 Å². The fraction of sp³-hybridized carbons (Fsp3) is 0.364. The lowest BCUT2D eigenvalue weighted by Gasteiger charge is -2.34. The van der Waals surface area contributed by atoms with Gasteiger partial charge in [-0.25, -0.2) is 4.98 Å². The van der Waals surface area contributed by atoms with Gasteiger partial charge in [0.05, 0.1) is 5.69 Å². The maximum atomic E-state index is 13.0. The number of carbonyl (C=O) groups excluding carboxylic acids is 2. The molecule has 0 radical (unpaired) electrons. The number of fused-ring (bicyclic) bond motifs is 1. The number of piperazine rings is 1. The highest BCUT2D eigenvalue weighted by atomic mass is 32.1. The molecule has 4 rings (SSSR count). The number of carbonyl (C=O) groups is 2. The van der Waals surface area contributed by atoms with Crippen molar-refractivity contribution in [3.05, 3.63) is 69.1 Å². The van der Waals surface area contributed by atoms with E-state index in [0.29, 0.717) is 55.4 Å². The normalized spacial score (nSPS) is 14.7. The molecular weight excluding hydrogens is 414 g/mol. The summed E-state index contributed by atoms with van der Waals surface area (Å²) in [5.74, 6) is -0.155. The van der Waals surface area contributed by atoms with Crippen molar-refractivity contribution >= 4 is 28.1 Å². The third-order valence-corrected chi connectivity index (χ3v) is 6.34. The summed E-state index contributed by atoms with van der Waals surface area (Å²) in [5.41, 5.74) is 1.73. The van der Waals surface area contributed by atoms with Gasteiger partial charge in [0, 0.05) is 75.1 Å². The first-order valence-electron chi connectivity index (χ1n) is 10.3. The number of hydrogen-bond donors (Lipinski definition) is 0. The monoisotopic (exact) mass is 439 g/mol. The zero-order valence-corrected chi connectivity index (χ0v) is 18.5. The molecule has 1 aromatic carbocycles. The summed E-state index contributed by atoms with van der Waals surface area (Å²) >= 11 is 1.44. The van der Waals surface area contributed by atoms with E-state index in [-0.39, 0.29) is 17.4 Å². The van der Waals surface area contributed by atoms with Gasteiger partial charge in [-0.15, -0.1) is 11.3 Å². The van der Waals surface area contributed by atoms with E-state index in [1.54, 1.807) is 52.9 Å². The predicted octanol–water partition coefficient (Wildman–Crippen LogP) is 1.81. The van der Waals surface area contributed by atoms with Gasteiger partial charge in [-0.2, -0.15) is 0 Å². The summed E-state index contributed by atoms with van der Waals surface area (Å²) < 4.78 is 1.54. The number of hydrogen-bond acceptors (Lipinski definition) is 6. The minimum absolute atomic E-state index is 0.0650. The van der Waals surface area contributed by atoms with Gasteiger partial charge in [0.25, 0.3) is 17.4 Å². The number of nitrogens with zero attached hydrogens (tertiary/aromatic N) is 5. The quantitative estimate of drug-likeness (QED) is 0.606. The Hall–Kier alpha value is -3.04. The fourth-order valence-corrected chi connectivity index (χ4v) is 4.38. The second-order valence-electron chi connectivity index (χ2n) is 7.61. The van der Waals surface area contributed by atoms with Crippen LogP contribution in [0.2, 0.25) is 0 Å². The molecule has 3 aromatic rings. The van der Waals surface area contributed by atoms with Crippen molar-refractivity contribution in [3.63, 3.8) is 0 Å². The van der Waals surface area contributed by atoms with Crippen LogP contribution in [0.3, 0.4) is 0 Å². The summed E-state index contributed by atoms with van der Waals surface area (Å²) in [5, 5.41) is 1.85. The molecule has 0 spiro atoms. The highest BCUT2D eigenvalue weighted by Crippen LogP contribution is 2.14. The molecule has 1 aliphatic heterocycles. The van der Waals surface area contributed by atoms with Crippen LogP contribution in [0, 0.1) is 0 Å². The van der Waals surface area contributed by atoms with Crippen molar-refractivity contribution in [2.24, 2.45) is 0 Å². The average Bonchev–Trinajstić information content (AvgIpc) is 3.27. The molecule has 8 nitrogen and oxygen atoms in total. The number of benzene rings is 1. The minimum atomic E-state index is -0.0897. The van der Waals surface area contributed by atoms with Crippen molar-refractivity contribution in [1.29, 1.82) is 0 Å². The minimum Gasteiger partial charge on any atom is -0.342 e. The van der Waals surface area contributed by atoms with Crippen LogP contribution in [-0.4, -0.2) is 75.7 Å². The van der Waals surface area contributed by atoms with E-state index in [0.717, 1.165) is 5.69 Å². The first-order valence-corrected chi connectivity index (χ1v) is 11.2. The molecule has 9 heteroatoms. The third-order valence-electron chi connectivity index (χ3n) is 5.58. The highest BCUT2D eigenvalue weighted by Gasteiger charge is 2.23. The number of amides is 2. The summed E-state index contributed by atoms with van der Waals surface area (Å²) in [6.07, 6.45) is 1.73. The Morgan fingerprint density at radius 3 is 2.61 bits per heavy atom. The lowest BCUT2D eigenvalue weighted by Crippen LogP contribution is -2.48. The second kappa shape index (κ2) is 8.99. The van der Waals surface area contributed by atoms with Crippen LogP contribution in [0.15, 0.2) is 46.7 Å². The Balaban J connectivity index is 1.38. The Morgan fingerprint density at radius 1 is 1.13 bits per heavy atom. The van der Waals surface area contributed by atoms with E-state index in [9.17, 15) is 14.4 Å². The average molecular weight is 440 g/mol. The maximum absolute atomic E-state index is 13.0. The van der Waals surface area contributed by atoms with E-state index in [1.165, 1.54) is 11.3 Å². The van der Waals surface area contributed by atoms with Gasteiger partial charge >= 0.3 is 0 Å². The maximum Gasteiger partial charge on any atom is 0.258 e. The zero-order valence-electron chi connectivity index (χ0n) is 17.7. The molecule has 2 aromatic heterocycles. The van der Waals surface area contributed by atoms with Crippen LogP contribution in [0.1, 0.15) is 33.3 Å². The summed E-state index contributed by atoms with van der Waals surface area (Å²) in [7, 11) is 1.75. The van der Waals surface area contributed by atoms with Crippen molar-refractivity contribution in [3.8, 4) is 0 Å². The molecule has 0 N–H and O–H groups in total. The third kappa shape index (κ3) is 4.52. The van der Waals surface area contributed by atoms with Gasteiger partial charge in [0.1, 0.15) is 0 Å². The standard InChI is InChI=1S/C22H25N5O3S/c1-3-24(2)20(29)16-5-4-6-17(13-16)21(30)26-9-7-25(8-10-26)15-18-14-19(28)27-11-12-31-22(27)23-18/h4-6,11-14H,3,7-10,15H2,1-2H3. The Kier molecular flexibility index (Phi) is 6.15. The number of aromatic nitrogens is 2. The lowest BCUT2D eigenvalue weighted by atomic mass is 10.1. The van der Waals surface area contributed by atoms with Crippen molar-refractivity contribution in [2.45, 2.75) is 13.5 Å². The SMILES string of the molecule is CCN(C)C(=O)c1cccc(C(=O)N2CCN(Cc3cc(=O)n4ccsc4n3)CC2)c1. The number of thiazole rings is 1. The highest BCUT2D eigenvalue weighted by molar-refractivity contribution is 7.15. The van der Waals surface area contributed by atoms with Gasteiger partial charge in [0.15, 0.2) is 4.96 Å². The lowest BCUT2D eigenvalue weighted by molar-refractivity contribution is 0.0627. The van der Waals surface area contributed by atoms with Gasteiger partial charge in [-0.3, -0.25) is 23.7 Å². The molecule has 1 aliphatic rings. The molecule has 1 saturated heterocycles. The van der Waals surface area contributed by atoms with Crippen molar-refractivity contribution in [2.75, 3.05) is 39.8 Å². The van der Waals surface area contributed by atoms with Crippen LogP contribution in [0.25, 0.3) is 4.96 Å². The van der Waals surface area contributed by atoms with Gasteiger partial charge in [-0.05, 0) is 25.1 Å². The number of rotatable bonds is 5. The largest absolute Gasteiger partial charge is 0.342 e.